The molecule has 0 saturated heterocycles. The van der Waals surface area contributed by atoms with Gasteiger partial charge in [0.1, 0.15) is 5.82 Å². The number of hydrogen-bond donors (Lipinski definition) is 1. The number of hydrogen-bond acceptors (Lipinski definition) is 5. The third-order valence-corrected chi connectivity index (χ3v) is 3.17. The number of nitrogens with one attached hydrogen (secondary N) is 1. The third kappa shape index (κ3) is 2.62. The van der Waals surface area contributed by atoms with Gasteiger partial charge in [-0.25, -0.2) is 4.98 Å². The Hall–Kier alpha value is -0.780. The van der Waals surface area contributed by atoms with Crippen LogP contribution in [0, 0.1) is 0 Å². The van der Waals surface area contributed by atoms with E-state index in [0.29, 0.717) is 0 Å². The summed E-state index contributed by atoms with van der Waals surface area (Å²) in [5.41, 5.74) is 0. The van der Waals surface area contributed by atoms with Gasteiger partial charge in [-0.2, -0.15) is 0 Å². The highest BCUT2D eigenvalue weighted by Gasteiger charge is 2.15. The van der Waals surface area contributed by atoms with Gasteiger partial charge in [0.15, 0.2) is 0 Å². The van der Waals surface area contributed by atoms with Crippen molar-refractivity contribution in [2.24, 2.45) is 0 Å². The fraction of sp³-hybridized carbons (Fsp3) is 0.500. The predicted molar refractivity (Wildman–Crippen MR) is 62.2 cm³/mol. The molecule has 0 aliphatic carbocycles. The first-order valence-electron chi connectivity index (χ1n) is 5.00. The quantitative estimate of drug-likeness (QED) is 0.781. The first-order chi connectivity index (χ1) is 7.42. The summed E-state index contributed by atoms with van der Waals surface area (Å²) in [7, 11) is 1.73. The maximum atomic E-state index is 5.10. The summed E-state index contributed by atoms with van der Waals surface area (Å²) in [5.74, 6) is 1.06. The Bertz CT molecular complexity index is 321. The summed E-state index contributed by atoms with van der Waals surface area (Å²) >= 11 is 1.65. The van der Waals surface area contributed by atoms with Crippen molar-refractivity contribution < 1.29 is 4.74 Å². The average Bonchev–Trinajstić information content (AvgIpc) is 2.49. The molecule has 1 aromatic heterocycles. The number of pyridine rings is 1. The van der Waals surface area contributed by atoms with Crippen molar-refractivity contribution >= 4 is 17.8 Å². The second-order valence-electron chi connectivity index (χ2n) is 3.30. The minimum absolute atomic E-state index is 0.737. The third-order valence-electron chi connectivity index (χ3n) is 2.28. The van der Waals surface area contributed by atoms with Crippen LogP contribution in [0.3, 0.4) is 0 Å². The molecule has 1 aromatic rings. The van der Waals surface area contributed by atoms with Gasteiger partial charge in [-0.3, -0.25) is 4.72 Å². The molecule has 0 amide bonds. The maximum Gasteiger partial charge on any atom is 0.143 e. The molecule has 1 aliphatic rings. The normalized spacial score (nSPS) is 15.9. The van der Waals surface area contributed by atoms with Gasteiger partial charge in [0.05, 0.1) is 11.5 Å². The Morgan fingerprint density at radius 3 is 3.47 bits per heavy atom. The van der Waals surface area contributed by atoms with E-state index in [1.807, 2.05) is 12.3 Å². The van der Waals surface area contributed by atoms with Gasteiger partial charge in [-0.15, -0.1) is 0 Å². The Balaban J connectivity index is 2.17. The smallest absolute Gasteiger partial charge is 0.143 e. The number of ether oxygens (including phenoxy) is 1. The molecule has 15 heavy (non-hydrogen) atoms. The Labute approximate surface area is 94.2 Å². The highest BCUT2D eigenvalue weighted by atomic mass is 32.2. The molecule has 82 valence electrons. The molecule has 4 nitrogen and oxygen atoms in total. The molecular formula is C10H15N3OS. The van der Waals surface area contributed by atoms with E-state index >= 15 is 0 Å². The van der Waals surface area contributed by atoms with Crippen LogP contribution in [-0.4, -0.2) is 38.3 Å². The SMILES string of the molecule is COCCN1CCNSc2cccnc21. The van der Waals surface area contributed by atoms with Crippen LogP contribution in [0.15, 0.2) is 23.2 Å². The van der Waals surface area contributed by atoms with Crippen molar-refractivity contribution in [2.75, 3.05) is 38.3 Å². The molecule has 1 N–H and O–H groups in total. The topological polar surface area (TPSA) is 37.4 Å². The van der Waals surface area contributed by atoms with Gasteiger partial charge < -0.3 is 9.64 Å². The molecule has 1 aliphatic heterocycles. The predicted octanol–water partition coefficient (Wildman–Crippen LogP) is 1.14. The molecule has 2 rings (SSSR count). The standard InChI is InChI=1S/C10H15N3OS/c1-14-8-7-13-6-5-12-15-9-3-2-4-11-10(9)13/h2-4,12H,5-8H2,1H3. The second kappa shape index (κ2) is 5.34. The molecule has 0 unspecified atom stereocenters. The highest BCUT2D eigenvalue weighted by molar-refractivity contribution is 7.97. The van der Waals surface area contributed by atoms with Crippen molar-refractivity contribution in [3.63, 3.8) is 0 Å². The number of rotatable bonds is 3. The van der Waals surface area contributed by atoms with Crippen molar-refractivity contribution in [1.82, 2.24) is 9.71 Å². The van der Waals surface area contributed by atoms with E-state index in [-0.39, 0.29) is 0 Å². The molecule has 0 fully saturated rings. The Kier molecular flexibility index (Phi) is 3.82. The molecule has 0 bridgehead atoms. The Morgan fingerprint density at radius 1 is 1.67 bits per heavy atom. The zero-order valence-electron chi connectivity index (χ0n) is 8.77. The minimum Gasteiger partial charge on any atom is -0.383 e. The van der Waals surface area contributed by atoms with Crippen LogP contribution in [0.25, 0.3) is 0 Å². The summed E-state index contributed by atoms with van der Waals surface area (Å²) in [6, 6.07) is 4.05. The van der Waals surface area contributed by atoms with Crippen LogP contribution in [0.2, 0.25) is 0 Å². The maximum absolute atomic E-state index is 5.10. The van der Waals surface area contributed by atoms with Gasteiger partial charge in [0.2, 0.25) is 0 Å². The number of anilines is 1. The van der Waals surface area contributed by atoms with Crippen LogP contribution in [0.5, 0.6) is 0 Å². The summed E-state index contributed by atoms with van der Waals surface area (Å²) in [5, 5.41) is 0. The highest BCUT2D eigenvalue weighted by Crippen LogP contribution is 2.27. The first-order valence-corrected chi connectivity index (χ1v) is 5.82. The molecule has 0 radical (unpaired) electrons. The monoisotopic (exact) mass is 225 g/mol. The molecule has 2 heterocycles. The van der Waals surface area contributed by atoms with E-state index in [1.54, 1.807) is 19.1 Å². The molecule has 5 heteroatoms. The average molecular weight is 225 g/mol. The van der Waals surface area contributed by atoms with Gasteiger partial charge in [-0.1, -0.05) is 0 Å². The number of methoxy groups -OCH3 is 1. The van der Waals surface area contributed by atoms with Crippen molar-refractivity contribution in [3.8, 4) is 0 Å². The summed E-state index contributed by atoms with van der Waals surface area (Å²) < 4.78 is 8.41. The lowest BCUT2D eigenvalue weighted by Crippen LogP contribution is -2.31. The number of nitrogens with zero attached hydrogens (tertiary/aromatic N) is 2. The van der Waals surface area contributed by atoms with Crippen LogP contribution >= 0.6 is 11.9 Å². The lowest BCUT2D eigenvalue weighted by Gasteiger charge is -2.22. The molecule has 0 saturated carbocycles. The van der Waals surface area contributed by atoms with E-state index < -0.39 is 0 Å². The van der Waals surface area contributed by atoms with Crippen molar-refractivity contribution in [1.29, 1.82) is 0 Å². The molecular weight excluding hydrogens is 210 g/mol. The molecule has 0 aromatic carbocycles. The van der Waals surface area contributed by atoms with Gasteiger partial charge >= 0.3 is 0 Å². The van der Waals surface area contributed by atoms with E-state index in [0.717, 1.165) is 32.1 Å². The van der Waals surface area contributed by atoms with E-state index in [2.05, 4.69) is 20.7 Å². The Morgan fingerprint density at radius 2 is 2.60 bits per heavy atom. The zero-order valence-corrected chi connectivity index (χ0v) is 9.59. The second-order valence-corrected chi connectivity index (χ2v) is 4.23. The molecule has 0 atom stereocenters. The van der Waals surface area contributed by atoms with Crippen LogP contribution in [0.4, 0.5) is 5.82 Å². The lowest BCUT2D eigenvalue weighted by atomic mass is 10.4. The zero-order chi connectivity index (χ0) is 10.5. The lowest BCUT2D eigenvalue weighted by molar-refractivity contribution is 0.205. The fourth-order valence-corrected chi connectivity index (χ4v) is 2.30. The van der Waals surface area contributed by atoms with Crippen LogP contribution in [-0.2, 0) is 4.74 Å². The van der Waals surface area contributed by atoms with Gasteiger partial charge in [0, 0.05) is 32.9 Å². The first kappa shape index (κ1) is 10.7. The van der Waals surface area contributed by atoms with Gasteiger partial charge in [-0.05, 0) is 24.1 Å². The van der Waals surface area contributed by atoms with E-state index in [9.17, 15) is 0 Å². The molecule has 0 spiro atoms. The summed E-state index contributed by atoms with van der Waals surface area (Å²) in [6.07, 6.45) is 1.84. The largest absolute Gasteiger partial charge is 0.383 e. The fourth-order valence-electron chi connectivity index (χ4n) is 1.53. The van der Waals surface area contributed by atoms with Crippen LogP contribution in [0.1, 0.15) is 0 Å². The van der Waals surface area contributed by atoms with Crippen molar-refractivity contribution in [3.05, 3.63) is 18.3 Å². The van der Waals surface area contributed by atoms with Crippen molar-refractivity contribution in [2.45, 2.75) is 4.90 Å². The van der Waals surface area contributed by atoms with E-state index in [1.165, 1.54) is 4.90 Å². The minimum atomic E-state index is 0.737. The van der Waals surface area contributed by atoms with Crippen LogP contribution < -0.4 is 9.62 Å². The number of fused-ring (bicyclic) bond motifs is 1. The van der Waals surface area contributed by atoms with E-state index in [4.69, 9.17) is 4.74 Å². The summed E-state index contributed by atoms with van der Waals surface area (Å²) in [4.78, 5) is 7.87. The summed E-state index contributed by atoms with van der Waals surface area (Å²) in [6.45, 7) is 3.56. The van der Waals surface area contributed by atoms with Gasteiger partial charge in [0.25, 0.3) is 0 Å². The number of aromatic nitrogens is 1.